The lowest BCUT2D eigenvalue weighted by atomic mass is 9.91. The van der Waals surface area contributed by atoms with Crippen LogP contribution in [0.1, 0.15) is 0 Å². The van der Waals surface area contributed by atoms with Crippen molar-refractivity contribution in [2.75, 3.05) is 0 Å². The van der Waals surface area contributed by atoms with Crippen LogP contribution in [0.15, 0.2) is 179 Å². The minimum atomic E-state index is 0.536. The molecule has 8 aromatic carbocycles. The summed E-state index contributed by atoms with van der Waals surface area (Å²) in [6.07, 6.45) is 0. The number of fused-ring (bicyclic) bond motifs is 18. The summed E-state index contributed by atoms with van der Waals surface area (Å²) in [5.41, 5.74) is 15.1. The Kier molecular flexibility index (Phi) is 5.68. The predicted molar refractivity (Wildman–Crippen MR) is 235 cm³/mol. The normalized spacial score (nSPS) is 12.5. The van der Waals surface area contributed by atoms with Crippen LogP contribution in [-0.4, -0.2) is 19.1 Å². The van der Waals surface area contributed by atoms with Crippen molar-refractivity contribution in [3.63, 3.8) is 0 Å². The van der Waals surface area contributed by atoms with E-state index in [0.717, 1.165) is 71.4 Å². The zero-order valence-electron chi connectivity index (χ0n) is 30.8. The first kappa shape index (κ1) is 30.3. The summed E-state index contributed by atoms with van der Waals surface area (Å²) in [6.45, 7) is 0. The molecule has 13 aromatic rings. The molecule has 0 unspecified atom stereocenters. The van der Waals surface area contributed by atoms with Gasteiger partial charge in [0.25, 0.3) is 0 Å². The standard InChI is InChI=1S/C52H28N4O2/c1-2-17-32-29(14-1)30-15-3-8-22-38(30)55-39-23-9-4-16-31(39)37-28-41-46(47(32)50(37)55)33-18-5-10-24-40(33)56(41)52-53-49(48-35-20-7-12-26-43(35)58-51(48)54-52)36-21-13-27-44-45(36)34-19-6-11-25-42(34)57-44/h1-28H. The van der Waals surface area contributed by atoms with E-state index in [-0.39, 0.29) is 0 Å². The molecule has 6 heterocycles. The van der Waals surface area contributed by atoms with E-state index in [9.17, 15) is 0 Å². The number of rotatable bonds is 2. The van der Waals surface area contributed by atoms with Gasteiger partial charge in [0.2, 0.25) is 11.7 Å². The Labute approximate surface area is 329 Å². The molecule has 6 nitrogen and oxygen atoms in total. The molecule has 0 spiro atoms. The highest BCUT2D eigenvalue weighted by molar-refractivity contribution is 6.28. The quantitative estimate of drug-likeness (QED) is 0.177. The first-order valence-corrected chi connectivity index (χ1v) is 19.6. The van der Waals surface area contributed by atoms with Crippen molar-refractivity contribution in [1.29, 1.82) is 0 Å². The fourth-order valence-corrected chi connectivity index (χ4v) is 10.0. The van der Waals surface area contributed by atoms with Gasteiger partial charge in [0.15, 0.2) is 0 Å². The highest BCUT2D eigenvalue weighted by Gasteiger charge is 2.30. The average molecular weight is 741 g/mol. The Hall–Kier alpha value is -7.96. The van der Waals surface area contributed by atoms with E-state index in [4.69, 9.17) is 18.8 Å². The van der Waals surface area contributed by atoms with Gasteiger partial charge in [-0.2, -0.15) is 4.98 Å². The Morgan fingerprint density at radius 2 is 0.983 bits per heavy atom. The van der Waals surface area contributed by atoms with Crippen molar-refractivity contribution in [2.45, 2.75) is 0 Å². The number of hydrogen-bond acceptors (Lipinski definition) is 4. The third kappa shape index (κ3) is 3.76. The highest BCUT2D eigenvalue weighted by Crippen LogP contribution is 2.52. The summed E-state index contributed by atoms with van der Waals surface area (Å²) in [6, 6.07) is 60.0. The van der Waals surface area contributed by atoms with Crippen molar-refractivity contribution in [2.24, 2.45) is 0 Å². The van der Waals surface area contributed by atoms with Crippen LogP contribution in [0.2, 0.25) is 0 Å². The highest BCUT2D eigenvalue weighted by atomic mass is 16.3. The fraction of sp³-hybridized carbons (Fsp3) is 0. The van der Waals surface area contributed by atoms with Crippen LogP contribution in [0, 0.1) is 0 Å². The lowest BCUT2D eigenvalue weighted by Gasteiger charge is -2.13. The van der Waals surface area contributed by atoms with E-state index < -0.39 is 0 Å². The second-order valence-electron chi connectivity index (χ2n) is 15.2. The molecule has 0 amide bonds. The van der Waals surface area contributed by atoms with Crippen molar-refractivity contribution >= 4 is 87.6 Å². The molecule has 0 N–H and O–H groups in total. The maximum atomic E-state index is 6.65. The van der Waals surface area contributed by atoms with E-state index >= 15 is 0 Å². The second-order valence-corrected chi connectivity index (χ2v) is 15.2. The summed E-state index contributed by atoms with van der Waals surface area (Å²) in [5, 5.41) is 8.56. The Morgan fingerprint density at radius 1 is 0.379 bits per heavy atom. The molecule has 6 heteroatoms. The minimum Gasteiger partial charge on any atom is -0.456 e. The van der Waals surface area contributed by atoms with E-state index in [1.165, 1.54) is 49.7 Å². The monoisotopic (exact) mass is 740 g/mol. The molecule has 0 fully saturated rings. The molecule has 0 radical (unpaired) electrons. The van der Waals surface area contributed by atoms with Crippen LogP contribution in [0.3, 0.4) is 0 Å². The summed E-state index contributed by atoms with van der Waals surface area (Å²) >= 11 is 0. The van der Waals surface area contributed by atoms with Crippen molar-refractivity contribution < 1.29 is 8.83 Å². The van der Waals surface area contributed by atoms with Gasteiger partial charge in [-0.05, 0) is 53.6 Å². The lowest BCUT2D eigenvalue weighted by molar-refractivity contribution is 0.651. The number of furan rings is 2. The van der Waals surface area contributed by atoms with E-state index in [1.54, 1.807) is 0 Å². The van der Waals surface area contributed by atoms with E-state index in [2.05, 4.69) is 137 Å². The van der Waals surface area contributed by atoms with Gasteiger partial charge in [0, 0.05) is 54.4 Å². The molecule has 0 saturated carbocycles. The van der Waals surface area contributed by atoms with Crippen LogP contribution >= 0.6 is 0 Å². The van der Waals surface area contributed by atoms with Gasteiger partial charge < -0.3 is 13.4 Å². The summed E-state index contributed by atoms with van der Waals surface area (Å²) in [7, 11) is 0. The molecule has 0 aliphatic carbocycles. The van der Waals surface area contributed by atoms with Crippen LogP contribution in [0.4, 0.5) is 0 Å². The Bertz CT molecular complexity index is 3930. The van der Waals surface area contributed by atoms with Gasteiger partial charge in [-0.15, -0.1) is 0 Å². The summed E-state index contributed by atoms with van der Waals surface area (Å²) < 4.78 is 17.8. The van der Waals surface area contributed by atoms with E-state index in [1.807, 2.05) is 42.5 Å². The van der Waals surface area contributed by atoms with Gasteiger partial charge in [-0.1, -0.05) is 127 Å². The average Bonchev–Trinajstić information content (AvgIpc) is 4.01. The van der Waals surface area contributed by atoms with Crippen molar-refractivity contribution in [1.82, 2.24) is 19.1 Å². The second kappa shape index (κ2) is 10.9. The molecule has 58 heavy (non-hydrogen) atoms. The molecule has 5 aromatic heterocycles. The summed E-state index contributed by atoms with van der Waals surface area (Å²) in [5.74, 6) is 0.540. The number of benzene rings is 8. The van der Waals surface area contributed by atoms with Gasteiger partial charge in [-0.25, -0.2) is 4.98 Å². The third-order valence-corrected chi connectivity index (χ3v) is 12.3. The molecular formula is C52H28N4O2. The first-order chi connectivity index (χ1) is 28.8. The molecule has 0 atom stereocenters. The molecule has 1 aliphatic heterocycles. The van der Waals surface area contributed by atoms with Crippen molar-refractivity contribution in [3.05, 3.63) is 170 Å². The van der Waals surface area contributed by atoms with E-state index in [0.29, 0.717) is 11.7 Å². The zero-order chi connectivity index (χ0) is 37.6. The molecule has 0 bridgehead atoms. The van der Waals surface area contributed by atoms with Gasteiger partial charge in [-0.3, -0.25) is 4.57 Å². The number of hydrogen-bond donors (Lipinski definition) is 0. The van der Waals surface area contributed by atoms with Gasteiger partial charge >= 0.3 is 0 Å². The SMILES string of the molecule is c1ccc2c(c1)-c1ccccc1-n1c3ccccc3c3cc4c(c-2c31)c1ccccc1n4-c1nc(-c2cccc3oc4ccccc4c23)c2c(n1)oc1ccccc12. The molecular weight excluding hydrogens is 713 g/mol. The van der Waals surface area contributed by atoms with Gasteiger partial charge in [0.1, 0.15) is 16.7 Å². The largest absolute Gasteiger partial charge is 0.456 e. The Morgan fingerprint density at radius 3 is 1.81 bits per heavy atom. The lowest BCUT2D eigenvalue weighted by Crippen LogP contribution is -2.03. The first-order valence-electron chi connectivity index (χ1n) is 19.6. The minimum absolute atomic E-state index is 0.536. The molecule has 1 aliphatic rings. The maximum absolute atomic E-state index is 6.65. The number of nitrogens with zero attached hydrogens (tertiary/aromatic N) is 4. The van der Waals surface area contributed by atoms with Crippen LogP contribution in [0.5, 0.6) is 0 Å². The molecule has 268 valence electrons. The van der Waals surface area contributed by atoms with Crippen LogP contribution in [-0.2, 0) is 0 Å². The third-order valence-electron chi connectivity index (χ3n) is 12.3. The fourth-order valence-electron chi connectivity index (χ4n) is 10.0. The molecule has 14 rings (SSSR count). The predicted octanol–water partition coefficient (Wildman–Crippen LogP) is 13.8. The van der Waals surface area contributed by atoms with Crippen molar-refractivity contribution in [3.8, 4) is 45.1 Å². The maximum Gasteiger partial charge on any atom is 0.238 e. The number of para-hydroxylation sites is 5. The number of aromatic nitrogens is 4. The van der Waals surface area contributed by atoms with Crippen LogP contribution < -0.4 is 0 Å². The summed E-state index contributed by atoms with van der Waals surface area (Å²) in [4.78, 5) is 11.0. The smallest absolute Gasteiger partial charge is 0.238 e. The topological polar surface area (TPSA) is 61.9 Å². The Balaban J connectivity index is 1.19. The van der Waals surface area contributed by atoms with Crippen LogP contribution in [0.25, 0.3) is 133 Å². The zero-order valence-corrected chi connectivity index (χ0v) is 30.8. The molecule has 0 saturated heterocycles. The van der Waals surface area contributed by atoms with Gasteiger partial charge in [0.05, 0.1) is 38.8 Å².